The van der Waals surface area contributed by atoms with Crippen molar-refractivity contribution in [2.24, 2.45) is 0 Å². The molecule has 0 radical (unpaired) electrons. The molecule has 0 bridgehead atoms. The molecule has 0 N–H and O–H groups in total. The molecule has 1 aromatic heterocycles. The fraction of sp³-hybridized carbons (Fsp3) is 0.114. The van der Waals surface area contributed by atoms with Crippen LogP contribution in [0.25, 0.3) is 76.9 Å². The normalized spacial score (nSPS) is 12.0. The summed E-state index contributed by atoms with van der Waals surface area (Å²) in [5.41, 5.74) is 18.2. The minimum Gasteiger partial charge on any atom is -0.456 e. The van der Waals surface area contributed by atoms with Crippen molar-refractivity contribution in [1.82, 2.24) is 0 Å². The van der Waals surface area contributed by atoms with E-state index in [2.05, 4.69) is 294 Å². The molecule has 0 spiro atoms. The smallest absolute Gasteiger partial charge is 0.136 e. The van der Waals surface area contributed by atoms with Gasteiger partial charge >= 0.3 is 0 Å². The maximum atomic E-state index is 6.86. The summed E-state index contributed by atoms with van der Waals surface area (Å²) in [7, 11) is 0. The van der Waals surface area contributed by atoms with E-state index in [1.807, 2.05) is 0 Å². The lowest BCUT2D eigenvalue weighted by atomic mass is 9.86. The molecule has 3 heteroatoms. The van der Waals surface area contributed by atoms with E-state index in [0.717, 1.165) is 77.6 Å². The Morgan fingerprint density at radius 3 is 1.11 bits per heavy atom. The molecule has 0 aliphatic carbocycles. The fourth-order valence-electron chi connectivity index (χ4n) is 10.5. The fourth-order valence-corrected chi connectivity index (χ4v) is 10.5. The van der Waals surface area contributed by atoms with Crippen molar-refractivity contribution < 1.29 is 4.42 Å². The van der Waals surface area contributed by atoms with Gasteiger partial charge in [-0.2, -0.15) is 0 Å². The second-order valence-corrected chi connectivity index (χ2v) is 21.5. The highest BCUT2D eigenvalue weighted by molar-refractivity contribution is 6.14. The van der Waals surface area contributed by atoms with E-state index >= 15 is 0 Å². The molecule has 0 fully saturated rings. The third-order valence-electron chi connectivity index (χ3n) is 14.5. The van der Waals surface area contributed by atoms with Gasteiger partial charge in [0.1, 0.15) is 11.2 Å². The molecule has 0 saturated heterocycles. The summed E-state index contributed by atoms with van der Waals surface area (Å²) < 4.78 is 6.86. The SMILES string of the molecule is CC(C)(C)c1ccc(-c2ccccc2N(c2ccccc2)c2ccc3cc4c(cc3c2)oc2cc3cc(N(c5ccc(-c6ccccc6)cc5)c5ccccc5-c5ccc(C(C)(C)C)cc5)ccc3cc24)cc1. The average Bonchev–Trinajstić information content (AvgIpc) is 3.76. The van der Waals surface area contributed by atoms with Crippen LogP contribution >= 0.6 is 0 Å². The van der Waals surface area contributed by atoms with Crippen LogP contribution in [0.15, 0.2) is 247 Å². The van der Waals surface area contributed by atoms with Crippen LogP contribution in [-0.2, 0) is 10.8 Å². The first-order chi connectivity index (χ1) is 35.4. The Hall–Kier alpha value is -8.66. The standard InChI is InChI=1S/C70H58N2O/c1-69(2,3)55-33-25-49(26-34-55)61-21-13-15-23-65(61)71(57-19-11-8-12-20-57)59-39-31-51-43-63-64-44-52-32-40-60(42-54(52)46-68(64)73-67(63)45-53(51)41-59)72(58-37-29-48(30-38-58)47-17-9-7-10-18-47)66-24-16-14-22-62(66)50-27-35-56(36-28-50)70(4,5)6/h7-46H,1-6H3. The third kappa shape index (κ3) is 8.72. The summed E-state index contributed by atoms with van der Waals surface area (Å²) in [5.74, 6) is 0. The molecule has 0 aliphatic heterocycles. The molecule has 12 rings (SSSR count). The molecule has 0 amide bonds. The molecule has 1 heterocycles. The maximum absolute atomic E-state index is 6.86. The van der Waals surface area contributed by atoms with Gasteiger partial charge in [0.05, 0.1) is 11.4 Å². The van der Waals surface area contributed by atoms with Gasteiger partial charge in [0, 0.05) is 44.6 Å². The van der Waals surface area contributed by atoms with Gasteiger partial charge in [-0.05, 0) is 151 Å². The van der Waals surface area contributed by atoms with Crippen LogP contribution in [0.3, 0.4) is 0 Å². The molecule has 0 aliphatic rings. The summed E-state index contributed by atoms with van der Waals surface area (Å²) in [6.07, 6.45) is 0. The minimum absolute atomic E-state index is 0.0658. The Kier molecular flexibility index (Phi) is 11.3. The van der Waals surface area contributed by atoms with Crippen LogP contribution in [0.1, 0.15) is 52.7 Å². The number of anilines is 6. The molecule has 12 aromatic rings. The Bertz CT molecular complexity index is 3950. The molecule has 73 heavy (non-hydrogen) atoms. The van der Waals surface area contributed by atoms with Crippen molar-refractivity contribution in [2.75, 3.05) is 9.80 Å². The van der Waals surface area contributed by atoms with Crippen LogP contribution in [0, 0.1) is 0 Å². The summed E-state index contributed by atoms with van der Waals surface area (Å²) in [6, 6.07) is 88.5. The lowest BCUT2D eigenvalue weighted by molar-refractivity contribution is 0.590. The van der Waals surface area contributed by atoms with Crippen molar-refractivity contribution in [2.45, 2.75) is 52.4 Å². The first kappa shape index (κ1) is 45.5. The first-order valence-electron chi connectivity index (χ1n) is 25.5. The highest BCUT2D eigenvalue weighted by atomic mass is 16.3. The predicted octanol–water partition coefficient (Wildman–Crippen LogP) is 20.4. The van der Waals surface area contributed by atoms with Gasteiger partial charge < -0.3 is 14.2 Å². The zero-order valence-electron chi connectivity index (χ0n) is 42.4. The summed E-state index contributed by atoms with van der Waals surface area (Å²) >= 11 is 0. The lowest BCUT2D eigenvalue weighted by Crippen LogP contribution is -2.12. The van der Waals surface area contributed by atoms with Crippen LogP contribution in [0.2, 0.25) is 0 Å². The number of furan rings is 1. The highest BCUT2D eigenvalue weighted by Crippen LogP contribution is 2.46. The number of fused-ring (bicyclic) bond motifs is 5. The topological polar surface area (TPSA) is 19.6 Å². The van der Waals surface area contributed by atoms with E-state index in [1.54, 1.807) is 0 Å². The largest absolute Gasteiger partial charge is 0.456 e. The zero-order valence-corrected chi connectivity index (χ0v) is 42.4. The molecule has 0 unspecified atom stereocenters. The van der Waals surface area contributed by atoms with Gasteiger partial charge in [-0.15, -0.1) is 0 Å². The van der Waals surface area contributed by atoms with Crippen molar-refractivity contribution in [3.05, 3.63) is 254 Å². The predicted molar refractivity (Wildman–Crippen MR) is 312 cm³/mol. The van der Waals surface area contributed by atoms with Gasteiger partial charge in [0.15, 0.2) is 0 Å². The second-order valence-electron chi connectivity index (χ2n) is 21.5. The summed E-state index contributed by atoms with van der Waals surface area (Å²) in [6.45, 7) is 13.6. The first-order valence-corrected chi connectivity index (χ1v) is 25.5. The van der Waals surface area contributed by atoms with Gasteiger partial charge in [-0.3, -0.25) is 0 Å². The molecular formula is C70H58N2O. The third-order valence-corrected chi connectivity index (χ3v) is 14.5. The number of benzene rings is 11. The number of hydrogen-bond acceptors (Lipinski definition) is 3. The van der Waals surface area contributed by atoms with Gasteiger partial charge in [0.2, 0.25) is 0 Å². The van der Waals surface area contributed by atoms with E-state index in [-0.39, 0.29) is 10.8 Å². The van der Waals surface area contributed by atoms with Crippen molar-refractivity contribution in [3.63, 3.8) is 0 Å². The van der Waals surface area contributed by atoms with Crippen LogP contribution in [0.5, 0.6) is 0 Å². The molecule has 3 nitrogen and oxygen atoms in total. The minimum atomic E-state index is 0.0658. The Morgan fingerprint density at radius 2 is 0.658 bits per heavy atom. The van der Waals surface area contributed by atoms with E-state index in [0.29, 0.717) is 0 Å². The number of para-hydroxylation sites is 3. The molecule has 11 aromatic carbocycles. The Balaban J connectivity index is 0.949. The molecule has 0 saturated carbocycles. The van der Waals surface area contributed by atoms with Gasteiger partial charge in [0.25, 0.3) is 0 Å². The molecular weight excluding hydrogens is 885 g/mol. The maximum Gasteiger partial charge on any atom is 0.136 e. The number of nitrogens with zero attached hydrogens (tertiary/aromatic N) is 2. The van der Waals surface area contributed by atoms with E-state index in [9.17, 15) is 0 Å². The summed E-state index contributed by atoms with van der Waals surface area (Å²) in [5, 5.41) is 6.76. The molecule has 354 valence electrons. The van der Waals surface area contributed by atoms with E-state index in [4.69, 9.17) is 4.42 Å². The highest BCUT2D eigenvalue weighted by Gasteiger charge is 2.22. The second kappa shape index (κ2) is 18.2. The number of hydrogen-bond donors (Lipinski definition) is 0. The van der Waals surface area contributed by atoms with Gasteiger partial charge in [-0.1, -0.05) is 199 Å². The lowest BCUT2D eigenvalue weighted by Gasteiger charge is -2.28. The van der Waals surface area contributed by atoms with Crippen molar-refractivity contribution >= 4 is 77.6 Å². The monoisotopic (exact) mass is 942 g/mol. The van der Waals surface area contributed by atoms with Gasteiger partial charge in [-0.25, -0.2) is 0 Å². The van der Waals surface area contributed by atoms with E-state index in [1.165, 1.54) is 44.5 Å². The summed E-state index contributed by atoms with van der Waals surface area (Å²) in [4.78, 5) is 4.77. The number of rotatable bonds is 9. The van der Waals surface area contributed by atoms with Crippen molar-refractivity contribution in [1.29, 1.82) is 0 Å². The Labute approximate surface area is 429 Å². The molecule has 0 atom stereocenters. The average molecular weight is 943 g/mol. The zero-order chi connectivity index (χ0) is 49.8. The Morgan fingerprint density at radius 1 is 0.288 bits per heavy atom. The van der Waals surface area contributed by atoms with Crippen LogP contribution in [0.4, 0.5) is 34.1 Å². The van der Waals surface area contributed by atoms with Crippen LogP contribution in [-0.4, -0.2) is 0 Å². The quantitative estimate of drug-likeness (QED) is 0.144. The van der Waals surface area contributed by atoms with E-state index < -0.39 is 0 Å². The van der Waals surface area contributed by atoms with Crippen molar-refractivity contribution in [3.8, 4) is 33.4 Å². The van der Waals surface area contributed by atoms with Crippen LogP contribution < -0.4 is 9.80 Å².